The van der Waals surface area contributed by atoms with Gasteiger partial charge in [0.1, 0.15) is 0 Å². The zero-order chi connectivity index (χ0) is 17.8. The SMILES string of the molecule is O=C(CC(c1ccccc1)c1ccccc1)N1CCC(n2ccnn2)C1. The fourth-order valence-corrected chi connectivity index (χ4v) is 3.70. The van der Waals surface area contributed by atoms with E-state index in [9.17, 15) is 4.79 Å². The lowest BCUT2D eigenvalue weighted by Crippen LogP contribution is -2.30. The summed E-state index contributed by atoms with van der Waals surface area (Å²) in [6.45, 7) is 1.48. The lowest BCUT2D eigenvalue weighted by Gasteiger charge is -2.22. The highest BCUT2D eigenvalue weighted by atomic mass is 16.2. The van der Waals surface area contributed by atoms with Gasteiger partial charge in [0.05, 0.1) is 12.2 Å². The second-order valence-corrected chi connectivity index (χ2v) is 6.74. The molecule has 2 heterocycles. The summed E-state index contributed by atoms with van der Waals surface area (Å²) in [7, 11) is 0. The lowest BCUT2D eigenvalue weighted by molar-refractivity contribution is -0.130. The van der Waals surface area contributed by atoms with Gasteiger partial charge in [-0.05, 0) is 17.5 Å². The first-order chi connectivity index (χ1) is 12.8. The van der Waals surface area contributed by atoms with E-state index >= 15 is 0 Å². The van der Waals surface area contributed by atoms with Crippen LogP contribution in [0.2, 0.25) is 0 Å². The number of nitrogens with zero attached hydrogens (tertiary/aromatic N) is 4. The van der Waals surface area contributed by atoms with Gasteiger partial charge in [0.25, 0.3) is 0 Å². The Morgan fingerprint density at radius 1 is 1.04 bits per heavy atom. The summed E-state index contributed by atoms with van der Waals surface area (Å²) < 4.78 is 1.86. The third kappa shape index (κ3) is 3.52. The predicted molar refractivity (Wildman–Crippen MR) is 99.6 cm³/mol. The normalized spacial score (nSPS) is 17.0. The van der Waals surface area contributed by atoms with Gasteiger partial charge in [-0.2, -0.15) is 0 Å². The van der Waals surface area contributed by atoms with Crippen molar-refractivity contribution in [2.75, 3.05) is 13.1 Å². The highest BCUT2D eigenvalue weighted by Crippen LogP contribution is 2.30. The zero-order valence-electron chi connectivity index (χ0n) is 14.6. The quantitative estimate of drug-likeness (QED) is 0.712. The van der Waals surface area contributed by atoms with Crippen LogP contribution in [-0.2, 0) is 4.79 Å². The molecule has 0 N–H and O–H groups in total. The molecule has 0 saturated carbocycles. The second kappa shape index (κ2) is 7.52. The lowest BCUT2D eigenvalue weighted by atomic mass is 9.88. The van der Waals surface area contributed by atoms with Crippen molar-refractivity contribution in [3.05, 3.63) is 84.2 Å². The molecule has 2 aromatic carbocycles. The predicted octanol–water partition coefficient (Wildman–Crippen LogP) is 3.27. The standard InChI is InChI=1S/C21H22N4O/c26-21(24-13-11-19(16-24)25-14-12-22-23-25)15-20(17-7-3-1-4-8-17)18-9-5-2-6-10-18/h1-10,12,14,19-20H,11,13,15-16H2. The van der Waals surface area contributed by atoms with Crippen molar-refractivity contribution < 1.29 is 4.79 Å². The molecule has 1 amide bonds. The monoisotopic (exact) mass is 346 g/mol. The fourth-order valence-electron chi connectivity index (χ4n) is 3.70. The van der Waals surface area contributed by atoms with Gasteiger partial charge in [0.2, 0.25) is 5.91 Å². The van der Waals surface area contributed by atoms with Crippen molar-refractivity contribution in [1.29, 1.82) is 0 Å². The van der Waals surface area contributed by atoms with Crippen molar-refractivity contribution in [3.8, 4) is 0 Å². The molecule has 0 bridgehead atoms. The summed E-state index contributed by atoms with van der Waals surface area (Å²) >= 11 is 0. The van der Waals surface area contributed by atoms with E-state index in [0.29, 0.717) is 13.0 Å². The van der Waals surface area contributed by atoms with Crippen molar-refractivity contribution in [1.82, 2.24) is 19.9 Å². The van der Waals surface area contributed by atoms with E-state index in [1.165, 1.54) is 11.1 Å². The summed E-state index contributed by atoms with van der Waals surface area (Å²) in [5.74, 6) is 0.278. The number of amides is 1. The minimum Gasteiger partial charge on any atom is -0.340 e. The minimum absolute atomic E-state index is 0.0790. The van der Waals surface area contributed by atoms with Crippen molar-refractivity contribution >= 4 is 5.91 Å². The third-order valence-corrected chi connectivity index (χ3v) is 5.11. The first-order valence-electron chi connectivity index (χ1n) is 9.05. The molecule has 1 unspecified atom stereocenters. The van der Waals surface area contributed by atoms with Crippen LogP contribution in [0.5, 0.6) is 0 Å². The van der Waals surface area contributed by atoms with Crippen molar-refractivity contribution in [2.45, 2.75) is 24.8 Å². The van der Waals surface area contributed by atoms with Gasteiger partial charge >= 0.3 is 0 Å². The van der Waals surface area contributed by atoms with Crippen LogP contribution in [0, 0.1) is 0 Å². The molecule has 3 aromatic rings. The molecule has 5 heteroatoms. The van der Waals surface area contributed by atoms with Crippen LogP contribution >= 0.6 is 0 Å². The Bertz CT molecular complexity index is 793. The number of benzene rings is 2. The van der Waals surface area contributed by atoms with Crippen LogP contribution in [0.4, 0.5) is 0 Å². The van der Waals surface area contributed by atoms with Gasteiger partial charge in [-0.25, -0.2) is 4.68 Å². The Labute approximate surface area is 153 Å². The van der Waals surface area contributed by atoms with E-state index in [2.05, 4.69) is 34.6 Å². The molecule has 0 aliphatic carbocycles. The second-order valence-electron chi connectivity index (χ2n) is 6.74. The molecule has 1 aliphatic rings. The number of aromatic nitrogens is 3. The molecule has 26 heavy (non-hydrogen) atoms. The minimum atomic E-state index is 0.0790. The molecule has 132 valence electrons. The summed E-state index contributed by atoms with van der Waals surface area (Å²) in [5.41, 5.74) is 2.36. The van der Waals surface area contributed by atoms with Crippen LogP contribution in [0.25, 0.3) is 0 Å². The molecule has 1 atom stereocenters. The van der Waals surface area contributed by atoms with Gasteiger partial charge in [-0.15, -0.1) is 5.10 Å². The topological polar surface area (TPSA) is 51.0 Å². The zero-order valence-corrected chi connectivity index (χ0v) is 14.6. The number of likely N-dealkylation sites (tertiary alicyclic amines) is 1. The van der Waals surface area contributed by atoms with Crippen molar-refractivity contribution in [3.63, 3.8) is 0 Å². The first kappa shape index (κ1) is 16.5. The van der Waals surface area contributed by atoms with E-state index in [1.807, 2.05) is 52.2 Å². The summed E-state index contributed by atoms with van der Waals surface area (Å²) in [6.07, 6.45) is 4.97. The van der Waals surface area contributed by atoms with Crippen LogP contribution < -0.4 is 0 Å². The summed E-state index contributed by atoms with van der Waals surface area (Å²) in [6, 6.07) is 20.8. The smallest absolute Gasteiger partial charge is 0.223 e. The number of hydrogen-bond donors (Lipinski definition) is 0. The van der Waals surface area contributed by atoms with Gasteiger partial charge in [0, 0.05) is 31.6 Å². The Morgan fingerprint density at radius 2 is 1.69 bits per heavy atom. The number of carbonyl (C=O) groups is 1. The van der Waals surface area contributed by atoms with Crippen LogP contribution in [-0.4, -0.2) is 38.9 Å². The molecule has 1 fully saturated rings. The average Bonchev–Trinajstić information content (AvgIpc) is 3.39. The van der Waals surface area contributed by atoms with Gasteiger partial charge in [0.15, 0.2) is 0 Å². The first-order valence-corrected chi connectivity index (χ1v) is 9.05. The van der Waals surface area contributed by atoms with Crippen molar-refractivity contribution in [2.24, 2.45) is 0 Å². The Morgan fingerprint density at radius 3 is 2.27 bits per heavy atom. The molecule has 5 nitrogen and oxygen atoms in total. The fraction of sp³-hybridized carbons (Fsp3) is 0.286. The number of hydrogen-bond acceptors (Lipinski definition) is 3. The summed E-state index contributed by atoms with van der Waals surface area (Å²) in [4.78, 5) is 15.0. The van der Waals surface area contributed by atoms with E-state index in [4.69, 9.17) is 0 Å². The van der Waals surface area contributed by atoms with Gasteiger partial charge < -0.3 is 4.90 Å². The maximum Gasteiger partial charge on any atom is 0.223 e. The molecule has 0 radical (unpaired) electrons. The highest BCUT2D eigenvalue weighted by molar-refractivity contribution is 5.78. The molecule has 4 rings (SSSR count). The molecule has 0 spiro atoms. The summed E-state index contributed by atoms with van der Waals surface area (Å²) in [5, 5.41) is 7.95. The molecule has 1 saturated heterocycles. The Kier molecular flexibility index (Phi) is 4.78. The Hall–Kier alpha value is -2.95. The van der Waals surface area contributed by atoms with Crippen LogP contribution in [0.3, 0.4) is 0 Å². The number of rotatable bonds is 5. The molecule has 1 aromatic heterocycles. The maximum absolute atomic E-state index is 13.0. The van der Waals surface area contributed by atoms with Gasteiger partial charge in [-0.1, -0.05) is 65.9 Å². The van der Waals surface area contributed by atoms with E-state index < -0.39 is 0 Å². The van der Waals surface area contributed by atoms with Crippen LogP contribution in [0.1, 0.15) is 35.9 Å². The maximum atomic E-state index is 13.0. The van der Waals surface area contributed by atoms with Gasteiger partial charge in [-0.3, -0.25) is 4.79 Å². The average molecular weight is 346 g/mol. The number of carbonyl (C=O) groups excluding carboxylic acids is 1. The molecule has 1 aliphatic heterocycles. The third-order valence-electron chi connectivity index (χ3n) is 5.11. The van der Waals surface area contributed by atoms with E-state index in [0.717, 1.165) is 13.0 Å². The Balaban J connectivity index is 1.50. The largest absolute Gasteiger partial charge is 0.340 e. The van der Waals surface area contributed by atoms with E-state index in [-0.39, 0.29) is 17.9 Å². The molecular formula is C21H22N4O. The molecular weight excluding hydrogens is 324 g/mol. The highest BCUT2D eigenvalue weighted by Gasteiger charge is 2.29. The van der Waals surface area contributed by atoms with Crippen LogP contribution in [0.15, 0.2) is 73.1 Å². The van der Waals surface area contributed by atoms with E-state index in [1.54, 1.807) is 6.20 Å².